The van der Waals surface area contributed by atoms with Crippen LogP contribution in [0.15, 0.2) is 52.1 Å². The molecular weight excluding hydrogens is 320 g/mol. The maximum atomic E-state index is 5.89. The molecule has 0 saturated heterocycles. The second-order valence-electron chi connectivity index (χ2n) is 5.61. The number of hydrogen-bond acceptors (Lipinski definition) is 5. The number of aryl methyl sites for hydroxylation is 3. The Kier molecular flexibility index (Phi) is 5.20. The second kappa shape index (κ2) is 7.53. The molecule has 1 heterocycles. The van der Waals surface area contributed by atoms with E-state index in [1.807, 2.05) is 37.3 Å². The van der Waals surface area contributed by atoms with E-state index >= 15 is 0 Å². The summed E-state index contributed by atoms with van der Waals surface area (Å²) in [5.41, 5.74) is 4.40. The van der Waals surface area contributed by atoms with Crippen LogP contribution >= 0.6 is 11.8 Å². The molecule has 0 saturated carbocycles. The lowest BCUT2D eigenvalue weighted by atomic mass is 10.1. The summed E-state index contributed by atoms with van der Waals surface area (Å²) in [5, 5.41) is 8.81. The van der Waals surface area contributed by atoms with Gasteiger partial charge in [0, 0.05) is 11.3 Å². The minimum atomic E-state index is 0.561. The predicted octanol–water partition coefficient (Wildman–Crippen LogP) is 4.83. The zero-order valence-corrected chi connectivity index (χ0v) is 14.9. The predicted molar refractivity (Wildman–Crippen MR) is 96.6 cm³/mol. The van der Waals surface area contributed by atoms with Crippen LogP contribution in [0, 0.1) is 20.8 Å². The third kappa shape index (κ3) is 3.79. The number of para-hydroxylation sites is 1. The van der Waals surface area contributed by atoms with E-state index in [4.69, 9.17) is 9.15 Å². The van der Waals surface area contributed by atoms with Gasteiger partial charge in [0.15, 0.2) is 0 Å². The van der Waals surface area contributed by atoms with Gasteiger partial charge in [0.1, 0.15) is 5.75 Å². The molecule has 3 rings (SSSR count). The molecule has 3 aromatic rings. The van der Waals surface area contributed by atoms with Gasteiger partial charge in [-0.15, -0.1) is 10.2 Å². The Morgan fingerprint density at radius 1 is 0.917 bits per heavy atom. The van der Waals surface area contributed by atoms with Crippen LogP contribution in [0.1, 0.15) is 16.7 Å². The molecule has 0 fully saturated rings. The average molecular weight is 340 g/mol. The Labute approximate surface area is 146 Å². The molecule has 124 valence electrons. The second-order valence-corrected chi connectivity index (χ2v) is 6.65. The van der Waals surface area contributed by atoms with Crippen LogP contribution in [0.3, 0.4) is 0 Å². The number of rotatable bonds is 6. The molecule has 4 nitrogen and oxygen atoms in total. The van der Waals surface area contributed by atoms with Gasteiger partial charge in [-0.1, -0.05) is 48.2 Å². The van der Waals surface area contributed by atoms with Crippen molar-refractivity contribution in [2.24, 2.45) is 0 Å². The number of ether oxygens (including phenoxy) is 1. The lowest BCUT2D eigenvalue weighted by Gasteiger charge is -2.10. The van der Waals surface area contributed by atoms with Crippen molar-refractivity contribution in [1.82, 2.24) is 10.2 Å². The van der Waals surface area contributed by atoms with Crippen molar-refractivity contribution in [1.29, 1.82) is 0 Å². The van der Waals surface area contributed by atoms with Crippen molar-refractivity contribution < 1.29 is 9.15 Å². The Balaban J connectivity index is 1.56. The third-order valence-electron chi connectivity index (χ3n) is 3.75. The van der Waals surface area contributed by atoms with Crippen LogP contribution in [0.5, 0.6) is 5.75 Å². The molecule has 1 aromatic heterocycles. The number of hydrogen-bond donors (Lipinski definition) is 0. The first-order chi connectivity index (χ1) is 11.6. The highest BCUT2D eigenvalue weighted by Gasteiger charge is 2.11. The maximum Gasteiger partial charge on any atom is 0.276 e. The molecule has 0 aliphatic heterocycles. The van der Waals surface area contributed by atoms with E-state index in [1.165, 1.54) is 11.8 Å². The summed E-state index contributed by atoms with van der Waals surface area (Å²) >= 11 is 1.51. The van der Waals surface area contributed by atoms with E-state index in [1.54, 1.807) is 0 Å². The minimum absolute atomic E-state index is 0.561. The van der Waals surface area contributed by atoms with Crippen LogP contribution in [0.25, 0.3) is 11.5 Å². The Morgan fingerprint density at radius 2 is 1.62 bits per heavy atom. The van der Waals surface area contributed by atoms with Gasteiger partial charge in [0.2, 0.25) is 5.89 Å². The highest BCUT2D eigenvalue weighted by Crippen LogP contribution is 2.26. The first-order valence-corrected chi connectivity index (χ1v) is 8.85. The van der Waals surface area contributed by atoms with E-state index in [-0.39, 0.29) is 0 Å². The van der Waals surface area contributed by atoms with Crippen molar-refractivity contribution in [2.75, 3.05) is 12.4 Å². The summed E-state index contributed by atoms with van der Waals surface area (Å²) in [6, 6.07) is 14.1. The summed E-state index contributed by atoms with van der Waals surface area (Å²) in [5.74, 6) is 2.28. The van der Waals surface area contributed by atoms with Gasteiger partial charge in [-0.3, -0.25) is 0 Å². The van der Waals surface area contributed by atoms with Gasteiger partial charge in [0.05, 0.1) is 6.61 Å². The van der Waals surface area contributed by atoms with Gasteiger partial charge in [-0.2, -0.15) is 0 Å². The monoisotopic (exact) mass is 340 g/mol. The molecule has 0 radical (unpaired) electrons. The number of benzene rings is 2. The van der Waals surface area contributed by atoms with Crippen LogP contribution in [-0.4, -0.2) is 22.6 Å². The third-order valence-corrected chi connectivity index (χ3v) is 4.53. The highest BCUT2D eigenvalue weighted by molar-refractivity contribution is 7.99. The first-order valence-electron chi connectivity index (χ1n) is 7.86. The Bertz CT molecular complexity index is 809. The molecule has 0 amide bonds. The maximum absolute atomic E-state index is 5.89. The fraction of sp³-hybridized carbons (Fsp3) is 0.263. The molecule has 0 bridgehead atoms. The first kappa shape index (κ1) is 16.6. The number of aromatic nitrogens is 2. The van der Waals surface area contributed by atoms with Crippen molar-refractivity contribution in [3.05, 3.63) is 59.2 Å². The molecule has 0 aliphatic carbocycles. The van der Waals surface area contributed by atoms with Gasteiger partial charge in [-0.25, -0.2) is 0 Å². The lowest BCUT2D eigenvalue weighted by Crippen LogP contribution is -2.02. The molecule has 0 N–H and O–H groups in total. The van der Waals surface area contributed by atoms with Crippen LogP contribution < -0.4 is 4.74 Å². The topological polar surface area (TPSA) is 48.2 Å². The zero-order chi connectivity index (χ0) is 16.9. The summed E-state index contributed by atoms with van der Waals surface area (Å²) in [6.07, 6.45) is 0. The molecule has 5 heteroatoms. The largest absolute Gasteiger partial charge is 0.492 e. The van der Waals surface area contributed by atoms with Gasteiger partial charge in [-0.05, 0) is 43.5 Å². The number of nitrogens with zero attached hydrogens (tertiary/aromatic N) is 2. The highest BCUT2D eigenvalue weighted by atomic mass is 32.2. The van der Waals surface area contributed by atoms with Gasteiger partial charge in [0.25, 0.3) is 5.22 Å². The normalized spacial score (nSPS) is 10.8. The molecule has 0 atom stereocenters. The Hall–Kier alpha value is -2.27. The molecule has 2 aromatic carbocycles. The van der Waals surface area contributed by atoms with E-state index in [2.05, 4.69) is 36.2 Å². The fourth-order valence-corrected chi connectivity index (χ4v) is 3.07. The SMILES string of the molecule is Cc1ccccc1-c1nnc(SCCOc2c(C)cccc2C)o1. The van der Waals surface area contributed by atoms with Crippen LogP contribution in [0.4, 0.5) is 0 Å². The van der Waals surface area contributed by atoms with E-state index in [0.717, 1.165) is 33.8 Å². The minimum Gasteiger partial charge on any atom is -0.492 e. The number of thioether (sulfide) groups is 1. The van der Waals surface area contributed by atoms with Crippen molar-refractivity contribution in [2.45, 2.75) is 26.0 Å². The molecule has 0 spiro atoms. The molecule has 0 unspecified atom stereocenters. The summed E-state index contributed by atoms with van der Waals surface area (Å²) in [4.78, 5) is 0. The van der Waals surface area contributed by atoms with E-state index in [0.29, 0.717) is 17.7 Å². The van der Waals surface area contributed by atoms with Crippen molar-refractivity contribution in [3.8, 4) is 17.2 Å². The molecule has 0 aliphatic rings. The lowest BCUT2D eigenvalue weighted by molar-refractivity contribution is 0.338. The standard InChI is InChI=1S/C19H20N2O2S/c1-13-7-4-5-10-16(13)18-20-21-19(23-18)24-12-11-22-17-14(2)8-6-9-15(17)3/h4-10H,11-12H2,1-3H3. The average Bonchev–Trinajstić information content (AvgIpc) is 3.03. The van der Waals surface area contributed by atoms with Crippen molar-refractivity contribution >= 4 is 11.8 Å². The summed E-state index contributed by atoms with van der Waals surface area (Å²) < 4.78 is 11.6. The molecular formula is C19H20N2O2S. The van der Waals surface area contributed by atoms with Gasteiger partial charge >= 0.3 is 0 Å². The zero-order valence-electron chi connectivity index (χ0n) is 14.1. The smallest absolute Gasteiger partial charge is 0.276 e. The Morgan fingerprint density at radius 3 is 2.38 bits per heavy atom. The molecule has 24 heavy (non-hydrogen) atoms. The quantitative estimate of drug-likeness (QED) is 0.475. The van der Waals surface area contributed by atoms with E-state index < -0.39 is 0 Å². The van der Waals surface area contributed by atoms with Crippen LogP contribution in [0.2, 0.25) is 0 Å². The van der Waals surface area contributed by atoms with Gasteiger partial charge < -0.3 is 9.15 Å². The summed E-state index contributed by atoms with van der Waals surface area (Å²) in [6.45, 7) is 6.74. The fourth-order valence-electron chi connectivity index (χ4n) is 2.49. The van der Waals surface area contributed by atoms with Crippen molar-refractivity contribution in [3.63, 3.8) is 0 Å². The van der Waals surface area contributed by atoms with Crippen LogP contribution in [-0.2, 0) is 0 Å². The summed E-state index contributed by atoms with van der Waals surface area (Å²) in [7, 11) is 0. The van der Waals surface area contributed by atoms with E-state index in [9.17, 15) is 0 Å².